The highest BCUT2D eigenvalue weighted by molar-refractivity contribution is 8.03. The highest BCUT2D eigenvalue weighted by atomic mass is 32.2. The van der Waals surface area contributed by atoms with Gasteiger partial charge in [0.05, 0.1) is 5.03 Å². The summed E-state index contributed by atoms with van der Waals surface area (Å²) in [5.41, 5.74) is 5.05. The van der Waals surface area contributed by atoms with Crippen LogP contribution in [0.4, 0.5) is 0 Å². The summed E-state index contributed by atoms with van der Waals surface area (Å²) in [5, 5.41) is 12.2. The maximum Gasteiger partial charge on any atom is 0.262 e. The van der Waals surface area contributed by atoms with Crippen LogP contribution in [0.25, 0.3) is 0 Å². The van der Waals surface area contributed by atoms with Gasteiger partial charge >= 0.3 is 0 Å². The lowest BCUT2D eigenvalue weighted by molar-refractivity contribution is -0.114. The van der Waals surface area contributed by atoms with Crippen LogP contribution in [0.5, 0.6) is 0 Å². The van der Waals surface area contributed by atoms with Crippen molar-refractivity contribution in [2.75, 3.05) is 12.3 Å². The van der Waals surface area contributed by atoms with Gasteiger partial charge in [0, 0.05) is 12.3 Å². The molecule has 0 atom stereocenters. The highest BCUT2D eigenvalue weighted by Gasteiger charge is 2.14. The molecule has 4 nitrogen and oxygen atoms in total. The molecule has 0 aromatic carbocycles. The lowest BCUT2D eigenvalue weighted by Crippen LogP contribution is -2.24. The summed E-state index contributed by atoms with van der Waals surface area (Å²) in [4.78, 5) is 10.7. The van der Waals surface area contributed by atoms with E-state index in [1.165, 1.54) is 11.8 Å². The quantitative estimate of drug-likeness (QED) is 0.440. The van der Waals surface area contributed by atoms with Crippen LogP contribution in [-0.4, -0.2) is 18.2 Å². The summed E-state index contributed by atoms with van der Waals surface area (Å²) in [6.45, 7) is 0.806. The number of amides is 1. The van der Waals surface area contributed by atoms with Gasteiger partial charge in [-0.05, 0) is 6.42 Å². The largest absolute Gasteiger partial charge is 0.379 e. The molecule has 1 fully saturated rings. The van der Waals surface area contributed by atoms with Crippen molar-refractivity contribution >= 4 is 17.7 Å². The van der Waals surface area contributed by atoms with Crippen molar-refractivity contribution in [3.05, 3.63) is 10.6 Å². The molecule has 1 saturated heterocycles. The number of carbonyl (C=O) groups excluding carboxylic acids is 1. The van der Waals surface area contributed by atoms with Crippen molar-refractivity contribution in [1.29, 1.82) is 5.26 Å². The van der Waals surface area contributed by atoms with Crippen molar-refractivity contribution in [2.24, 2.45) is 5.73 Å². The molecule has 0 radical (unpaired) electrons. The van der Waals surface area contributed by atoms with Crippen LogP contribution in [-0.2, 0) is 4.79 Å². The number of nitrogens with one attached hydrogen (secondary N) is 1. The summed E-state index contributed by atoms with van der Waals surface area (Å²) in [7, 11) is 0. The normalized spacial score (nSPS) is 20.6. The summed E-state index contributed by atoms with van der Waals surface area (Å²) in [5.74, 6) is 0.273. The van der Waals surface area contributed by atoms with E-state index in [0.717, 1.165) is 18.7 Å². The van der Waals surface area contributed by atoms with E-state index < -0.39 is 5.91 Å². The fraction of sp³-hybridized carbons (Fsp3) is 0.429. The van der Waals surface area contributed by atoms with Crippen LogP contribution in [0, 0.1) is 11.3 Å². The molecule has 1 rings (SSSR count). The first-order valence-corrected chi connectivity index (χ1v) is 4.55. The third kappa shape index (κ3) is 1.92. The van der Waals surface area contributed by atoms with E-state index >= 15 is 0 Å². The number of nitrogens with zero attached hydrogens (tertiary/aromatic N) is 1. The number of hydrogen-bond donors (Lipinski definition) is 2. The number of primary amides is 1. The van der Waals surface area contributed by atoms with Gasteiger partial charge in [-0.25, -0.2) is 0 Å². The highest BCUT2D eigenvalue weighted by Crippen LogP contribution is 2.21. The van der Waals surface area contributed by atoms with Crippen LogP contribution < -0.4 is 11.1 Å². The monoisotopic (exact) mass is 183 g/mol. The molecule has 0 unspecified atom stereocenters. The van der Waals surface area contributed by atoms with Gasteiger partial charge in [0.1, 0.15) is 11.6 Å². The second kappa shape index (κ2) is 4.02. The second-order valence-corrected chi connectivity index (χ2v) is 3.41. The first-order valence-electron chi connectivity index (χ1n) is 3.56. The lowest BCUT2D eigenvalue weighted by Gasteiger charge is -2.16. The van der Waals surface area contributed by atoms with Gasteiger partial charge in [-0.15, -0.1) is 11.8 Å². The van der Waals surface area contributed by atoms with Gasteiger partial charge in [0.25, 0.3) is 5.91 Å². The zero-order valence-electron chi connectivity index (χ0n) is 6.46. The van der Waals surface area contributed by atoms with Crippen LogP contribution in [0.3, 0.4) is 0 Å². The number of nitriles is 1. The van der Waals surface area contributed by atoms with Crippen LogP contribution >= 0.6 is 11.8 Å². The van der Waals surface area contributed by atoms with Gasteiger partial charge in [0.15, 0.2) is 0 Å². The molecule has 1 aliphatic rings. The van der Waals surface area contributed by atoms with Gasteiger partial charge in [-0.3, -0.25) is 4.79 Å². The van der Waals surface area contributed by atoms with Crippen molar-refractivity contribution in [2.45, 2.75) is 6.42 Å². The third-order valence-electron chi connectivity index (χ3n) is 1.44. The standard InChI is InChI=1S/C7H9N3OS/c8-4-5(6(9)11)7-10-2-1-3-12-7/h10H,1-3H2,(H2,9,11)/b7-5+. The summed E-state index contributed by atoms with van der Waals surface area (Å²) < 4.78 is 0. The number of thioether (sulfide) groups is 1. The minimum absolute atomic E-state index is 0.0414. The molecule has 0 aliphatic carbocycles. The Labute approximate surface area is 74.8 Å². The summed E-state index contributed by atoms with van der Waals surface area (Å²) in [6.07, 6.45) is 1.05. The Morgan fingerprint density at radius 2 is 2.50 bits per heavy atom. The molecule has 0 spiro atoms. The van der Waals surface area contributed by atoms with E-state index in [-0.39, 0.29) is 5.57 Å². The van der Waals surface area contributed by atoms with E-state index in [1.54, 1.807) is 6.07 Å². The van der Waals surface area contributed by atoms with Gasteiger partial charge in [0.2, 0.25) is 0 Å². The summed E-state index contributed by atoms with van der Waals surface area (Å²) >= 11 is 1.47. The Balaban J connectivity index is 2.84. The Morgan fingerprint density at radius 1 is 1.75 bits per heavy atom. The predicted octanol–water partition coefficient (Wildman–Crippen LogP) is -0.0666. The Morgan fingerprint density at radius 3 is 2.92 bits per heavy atom. The third-order valence-corrected chi connectivity index (χ3v) is 2.57. The first-order chi connectivity index (χ1) is 5.75. The van der Waals surface area contributed by atoms with E-state index in [4.69, 9.17) is 11.0 Å². The molecule has 0 bridgehead atoms. The van der Waals surface area contributed by atoms with E-state index in [1.807, 2.05) is 0 Å². The topological polar surface area (TPSA) is 78.9 Å². The Bertz CT molecular complexity index is 258. The van der Waals surface area contributed by atoms with E-state index in [9.17, 15) is 4.79 Å². The summed E-state index contributed by atoms with van der Waals surface area (Å²) in [6, 6.07) is 1.79. The molecular weight excluding hydrogens is 174 g/mol. The first kappa shape index (κ1) is 8.94. The van der Waals surface area contributed by atoms with Gasteiger partial charge < -0.3 is 11.1 Å². The molecule has 64 valence electrons. The molecule has 1 aliphatic heterocycles. The van der Waals surface area contributed by atoms with Crippen molar-refractivity contribution in [3.63, 3.8) is 0 Å². The zero-order chi connectivity index (χ0) is 8.97. The zero-order valence-corrected chi connectivity index (χ0v) is 7.28. The molecule has 3 N–H and O–H groups in total. The molecule has 1 amide bonds. The van der Waals surface area contributed by atoms with Gasteiger partial charge in [-0.2, -0.15) is 5.26 Å². The molecular formula is C7H9N3OS. The molecule has 12 heavy (non-hydrogen) atoms. The fourth-order valence-electron chi connectivity index (χ4n) is 0.878. The van der Waals surface area contributed by atoms with Crippen LogP contribution in [0.1, 0.15) is 6.42 Å². The number of carbonyl (C=O) groups is 1. The van der Waals surface area contributed by atoms with Crippen molar-refractivity contribution in [1.82, 2.24) is 5.32 Å². The number of nitrogens with two attached hydrogens (primary N) is 1. The Kier molecular flexibility index (Phi) is 3.00. The minimum atomic E-state index is -0.658. The van der Waals surface area contributed by atoms with Crippen LogP contribution in [0.2, 0.25) is 0 Å². The average Bonchev–Trinajstić information content (AvgIpc) is 2.07. The van der Waals surface area contributed by atoms with Crippen molar-refractivity contribution < 1.29 is 4.79 Å². The minimum Gasteiger partial charge on any atom is -0.379 e. The van der Waals surface area contributed by atoms with Crippen LogP contribution in [0.15, 0.2) is 10.6 Å². The number of rotatable bonds is 1. The molecule has 0 aromatic heterocycles. The molecule has 5 heteroatoms. The fourth-order valence-corrected chi connectivity index (χ4v) is 1.87. The Hall–Kier alpha value is -1.15. The van der Waals surface area contributed by atoms with E-state index in [2.05, 4.69) is 5.32 Å². The second-order valence-electron chi connectivity index (χ2n) is 2.31. The maximum atomic E-state index is 10.7. The molecule has 1 heterocycles. The SMILES string of the molecule is N#C/C(C(N)=O)=C1/NCCCS1. The van der Waals surface area contributed by atoms with Gasteiger partial charge in [-0.1, -0.05) is 0 Å². The molecule has 0 saturated carbocycles. The smallest absolute Gasteiger partial charge is 0.262 e. The van der Waals surface area contributed by atoms with E-state index in [0.29, 0.717) is 5.03 Å². The predicted molar refractivity (Wildman–Crippen MR) is 46.9 cm³/mol. The average molecular weight is 183 g/mol. The lowest BCUT2D eigenvalue weighted by atomic mass is 10.3. The van der Waals surface area contributed by atoms with Crippen molar-refractivity contribution in [3.8, 4) is 6.07 Å². The maximum absolute atomic E-state index is 10.7. The molecule has 0 aromatic rings. The number of hydrogen-bond acceptors (Lipinski definition) is 4.